The van der Waals surface area contributed by atoms with Crippen molar-refractivity contribution in [3.63, 3.8) is 0 Å². The monoisotopic (exact) mass is 264 g/mol. The fourth-order valence-electron chi connectivity index (χ4n) is 3.80. The van der Waals surface area contributed by atoms with Crippen molar-refractivity contribution < 1.29 is 4.79 Å². The van der Waals surface area contributed by atoms with Crippen LogP contribution in [-0.2, 0) is 4.79 Å². The van der Waals surface area contributed by atoms with Gasteiger partial charge in [0.15, 0.2) is 0 Å². The van der Waals surface area contributed by atoms with Gasteiger partial charge in [0, 0.05) is 12.6 Å². The Bertz CT molecular complexity index is 321. The molecule has 1 heterocycles. The summed E-state index contributed by atoms with van der Waals surface area (Å²) >= 11 is 0. The van der Waals surface area contributed by atoms with Crippen LogP contribution in [0, 0.1) is 11.8 Å². The molecule has 0 radical (unpaired) electrons. The van der Waals surface area contributed by atoms with E-state index in [-0.39, 0.29) is 6.04 Å². The van der Waals surface area contributed by atoms with E-state index in [1.54, 1.807) is 0 Å². The molecule has 3 fully saturated rings. The summed E-state index contributed by atoms with van der Waals surface area (Å²) in [5.74, 6) is 1.69. The van der Waals surface area contributed by atoms with E-state index in [0.29, 0.717) is 17.9 Å². The number of hydrogen-bond donors (Lipinski definition) is 1. The van der Waals surface area contributed by atoms with Crippen molar-refractivity contribution in [3.8, 4) is 0 Å². The second kappa shape index (κ2) is 5.82. The molecule has 2 unspecified atom stereocenters. The van der Waals surface area contributed by atoms with Crippen molar-refractivity contribution >= 4 is 5.91 Å². The van der Waals surface area contributed by atoms with Crippen LogP contribution >= 0.6 is 0 Å². The summed E-state index contributed by atoms with van der Waals surface area (Å²) in [6.45, 7) is 4.27. The SMILES string of the molecule is CC1CCNC1C(=O)N(CC1CCCCC1)C1CC1. The third-order valence-corrected chi connectivity index (χ3v) is 5.25. The van der Waals surface area contributed by atoms with Gasteiger partial charge in [0.2, 0.25) is 5.91 Å². The molecule has 1 saturated heterocycles. The van der Waals surface area contributed by atoms with Crippen molar-refractivity contribution in [2.24, 2.45) is 11.8 Å². The van der Waals surface area contributed by atoms with E-state index in [9.17, 15) is 4.79 Å². The van der Waals surface area contributed by atoms with Crippen LogP contribution < -0.4 is 5.32 Å². The van der Waals surface area contributed by atoms with Gasteiger partial charge < -0.3 is 10.2 Å². The van der Waals surface area contributed by atoms with Gasteiger partial charge in [0.05, 0.1) is 6.04 Å². The van der Waals surface area contributed by atoms with Gasteiger partial charge in [-0.05, 0) is 50.5 Å². The van der Waals surface area contributed by atoms with Gasteiger partial charge >= 0.3 is 0 Å². The summed E-state index contributed by atoms with van der Waals surface area (Å²) < 4.78 is 0. The number of carbonyl (C=O) groups excluding carboxylic acids is 1. The van der Waals surface area contributed by atoms with Gasteiger partial charge in [-0.2, -0.15) is 0 Å². The van der Waals surface area contributed by atoms with Gasteiger partial charge in [0.25, 0.3) is 0 Å². The van der Waals surface area contributed by atoms with Crippen molar-refractivity contribution in [2.75, 3.05) is 13.1 Å². The molecule has 0 spiro atoms. The number of amides is 1. The van der Waals surface area contributed by atoms with Crippen LogP contribution in [0.4, 0.5) is 0 Å². The lowest BCUT2D eigenvalue weighted by molar-refractivity contribution is -0.135. The Morgan fingerprint density at radius 2 is 1.84 bits per heavy atom. The third kappa shape index (κ3) is 3.13. The van der Waals surface area contributed by atoms with E-state index < -0.39 is 0 Å². The van der Waals surface area contributed by atoms with Crippen LogP contribution in [0.15, 0.2) is 0 Å². The van der Waals surface area contributed by atoms with Crippen LogP contribution in [0.3, 0.4) is 0 Å². The Morgan fingerprint density at radius 1 is 1.11 bits per heavy atom. The highest BCUT2D eigenvalue weighted by molar-refractivity contribution is 5.83. The molecule has 3 nitrogen and oxygen atoms in total. The van der Waals surface area contributed by atoms with E-state index in [2.05, 4.69) is 17.1 Å². The van der Waals surface area contributed by atoms with Gasteiger partial charge in [-0.3, -0.25) is 4.79 Å². The predicted octanol–water partition coefficient (Wildman–Crippen LogP) is 2.56. The molecule has 1 aliphatic heterocycles. The summed E-state index contributed by atoms with van der Waals surface area (Å²) in [6, 6.07) is 0.674. The standard InChI is InChI=1S/C16H28N2O/c1-12-9-10-17-15(12)16(19)18(14-7-8-14)11-13-5-3-2-4-6-13/h12-15,17H,2-11H2,1H3. The maximum atomic E-state index is 12.8. The zero-order valence-electron chi connectivity index (χ0n) is 12.2. The second-order valence-electron chi connectivity index (χ2n) is 6.92. The maximum Gasteiger partial charge on any atom is 0.240 e. The molecule has 3 aliphatic rings. The molecule has 0 aromatic heterocycles. The fourth-order valence-corrected chi connectivity index (χ4v) is 3.80. The number of hydrogen-bond acceptors (Lipinski definition) is 2. The number of nitrogens with one attached hydrogen (secondary N) is 1. The Labute approximate surface area is 117 Å². The molecule has 3 heteroatoms. The number of nitrogens with zero attached hydrogens (tertiary/aromatic N) is 1. The summed E-state index contributed by atoms with van der Waals surface area (Å²) in [7, 11) is 0. The highest BCUT2D eigenvalue weighted by Gasteiger charge is 2.39. The minimum atomic E-state index is 0.101. The lowest BCUT2D eigenvalue weighted by atomic mass is 9.88. The first-order chi connectivity index (χ1) is 9.25. The lowest BCUT2D eigenvalue weighted by Gasteiger charge is -2.32. The predicted molar refractivity (Wildman–Crippen MR) is 76.9 cm³/mol. The van der Waals surface area contributed by atoms with E-state index in [1.807, 2.05) is 0 Å². The van der Waals surface area contributed by atoms with E-state index in [0.717, 1.165) is 25.4 Å². The first kappa shape index (κ1) is 13.4. The van der Waals surface area contributed by atoms with E-state index >= 15 is 0 Å². The minimum absolute atomic E-state index is 0.101. The lowest BCUT2D eigenvalue weighted by Crippen LogP contribution is -2.48. The van der Waals surface area contributed by atoms with Gasteiger partial charge in [0.1, 0.15) is 0 Å². The quantitative estimate of drug-likeness (QED) is 0.846. The Kier molecular flexibility index (Phi) is 4.11. The smallest absolute Gasteiger partial charge is 0.240 e. The molecule has 0 aromatic rings. The summed E-state index contributed by atoms with van der Waals surface area (Å²) in [5.41, 5.74) is 0. The molecule has 2 saturated carbocycles. The van der Waals surface area contributed by atoms with Crippen LogP contribution in [0.5, 0.6) is 0 Å². The first-order valence-electron chi connectivity index (χ1n) is 8.29. The number of carbonyl (C=O) groups is 1. The molecular formula is C16H28N2O. The molecule has 3 rings (SSSR count). The van der Waals surface area contributed by atoms with E-state index in [4.69, 9.17) is 0 Å². The average Bonchev–Trinajstić information content (AvgIpc) is 3.18. The first-order valence-corrected chi connectivity index (χ1v) is 8.29. The topological polar surface area (TPSA) is 32.3 Å². The van der Waals surface area contributed by atoms with Gasteiger partial charge in [-0.15, -0.1) is 0 Å². The van der Waals surface area contributed by atoms with E-state index in [1.165, 1.54) is 44.9 Å². The molecule has 2 aliphatic carbocycles. The van der Waals surface area contributed by atoms with Crippen molar-refractivity contribution in [1.82, 2.24) is 10.2 Å². The molecular weight excluding hydrogens is 236 g/mol. The summed E-state index contributed by atoms with van der Waals surface area (Å²) in [5, 5.41) is 3.42. The Hall–Kier alpha value is -0.570. The zero-order valence-corrected chi connectivity index (χ0v) is 12.2. The summed E-state index contributed by atoms with van der Waals surface area (Å²) in [4.78, 5) is 15.0. The molecule has 19 heavy (non-hydrogen) atoms. The molecule has 0 bridgehead atoms. The van der Waals surface area contributed by atoms with Crippen LogP contribution in [0.2, 0.25) is 0 Å². The highest BCUT2D eigenvalue weighted by atomic mass is 16.2. The normalized spacial score (nSPS) is 32.5. The van der Waals surface area contributed by atoms with Gasteiger partial charge in [-0.25, -0.2) is 0 Å². The Balaban J connectivity index is 1.61. The van der Waals surface area contributed by atoms with Crippen molar-refractivity contribution in [2.45, 2.75) is 70.4 Å². The molecule has 2 atom stereocenters. The molecule has 0 aromatic carbocycles. The minimum Gasteiger partial charge on any atom is -0.338 e. The van der Waals surface area contributed by atoms with Crippen LogP contribution in [-0.4, -0.2) is 36.0 Å². The second-order valence-corrected chi connectivity index (χ2v) is 6.92. The Morgan fingerprint density at radius 3 is 2.42 bits per heavy atom. The third-order valence-electron chi connectivity index (χ3n) is 5.25. The average molecular weight is 264 g/mol. The number of rotatable bonds is 4. The van der Waals surface area contributed by atoms with Crippen LogP contribution in [0.1, 0.15) is 58.3 Å². The van der Waals surface area contributed by atoms with Crippen LogP contribution in [0.25, 0.3) is 0 Å². The fraction of sp³-hybridized carbons (Fsp3) is 0.938. The zero-order chi connectivity index (χ0) is 13.2. The van der Waals surface area contributed by atoms with Crippen molar-refractivity contribution in [1.29, 1.82) is 0 Å². The molecule has 1 amide bonds. The highest BCUT2D eigenvalue weighted by Crippen LogP contribution is 2.32. The van der Waals surface area contributed by atoms with Crippen molar-refractivity contribution in [3.05, 3.63) is 0 Å². The molecule has 108 valence electrons. The summed E-state index contributed by atoms with van der Waals surface area (Å²) in [6.07, 6.45) is 10.4. The maximum absolute atomic E-state index is 12.8. The molecule has 1 N–H and O–H groups in total. The largest absolute Gasteiger partial charge is 0.338 e. The van der Waals surface area contributed by atoms with Gasteiger partial charge in [-0.1, -0.05) is 26.2 Å².